The average molecular weight is 243 g/mol. The van der Waals surface area contributed by atoms with Crippen molar-refractivity contribution in [2.75, 3.05) is 19.8 Å². The summed E-state index contributed by atoms with van der Waals surface area (Å²) in [4.78, 5) is 11.2. The van der Waals surface area contributed by atoms with Crippen LogP contribution in [0.2, 0.25) is 0 Å². The molecule has 17 heavy (non-hydrogen) atoms. The first-order valence-electron chi connectivity index (χ1n) is 6.63. The van der Waals surface area contributed by atoms with Gasteiger partial charge in [-0.15, -0.1) is 0 Å². The molecule has 2 atom stereocenters. The topological polar surface area (TPSA) is 58.6 Å². The van der Waals surface area contributed by atoms with Gasteiger partial charge in [0.15, 0.2) is 0 Å². The number of hydrogen-bond donors (Lipinski definition) is 2. The van der Waals surface area contributed by atoms with Crippen molar-refractivity contribution >= 4 is 5.97 Å². The van der Waals surface area contributed by atoms with Crippen molar-refractivity contribution in [2.45, 2.75) is 51.5 Å². The van der Waals surface area contributed by atoms with Gasteiger partial charge in [-0.3, -0.25) is 4.79 Å². The lowest BCUT2D eigenvalue weighted by atomic mass is 9.77. The summed E-state index contributed by atoms with van der Waals surface area (Å²) in [6.45, 7) is 5.20. The van der Waals surface area contributed by atoms with Crippen molar-refractivity contribution in [3.8, 4) is 0 Å². The molecule has 1 fully saturated rings. The van der Waals surface area contributed by atoms with Gasteiger partial charge in [-0.2, -0.15) is 0 Å². The third-order valence-corrected chi connectivity index (χ3v) is 3.53. The Morgan fingerprint density at radius 1 is 1.59 bits per heavy atom. The molecule has 0 amide bonds. The number of aliphatic hydroxyl groups is 1. The lowest BCUT2D eigenvalue weighted by molar-refractivity contribution is -0.143. The van der Waals surface area contributed by atoms with E-state index in [1.807, 2.05) is 6.92 Å². The van der Waals surface area contributed by atoms with Crippen LogP contribution in [0, 0.1) is 5.92 Å². The molecular weight excluding hydrogens is 218 g/mol. The quantitative estimate of drug-likeness (QED) is 0.694. The third-order valence-electron chi connectivity index (χ3n) is 3.53. The Morgan fingerprint density at radius 3 is 2.94 bits per heavy atom. The molecule has 4 heteroatoms. The molecule has 2 N–H and O–H groups in total. The maximum absolute atomic E-state index is 11.2. The maximum atomic E-state index is 11.2. The van der Waals surface area contributed by atoms with E-state index in [0.717, 1.165) is 19.3 Å². The molecule has 0 spiro atoms. The first kappa shape index (κ1) is 14.5. The van der Waals surface area contributed by atoms with Gasteiger partial charge in [0.25, 0.3) is 0 Å². The average Bonchev–Trinajstić information content (AvgIpc) is 2.29. The minimum Gasteiger partial charge on any atom is -0.466 e. The monoisotopic (exact) mass is 243 g/mol. The van der Waals surface area contributed by atoms with Crippen LogP contribution in [0.25, 0.3) is 0 Å². The number of carbonyl (C=O) groups is 1. The van der Waals surface area contributed by atoms with Crippen molar-refractivity contribution in [1.82, 2.24) is 5.32 Å². The molecule has 0 aromatic rings. The van der Waals surface area contributed by atoms with Crippen molar-refractivity contribution < 1.29 is 14.6 Å². The van der Waals surface area contributed by atoms with E-state index in [9.17, 15) is 9.90 Å². The van der Waals surface area contributed by atoms with Gasteiger partial charge in [-0.05, 0) is 25.7 Å². The van der Waals surface area contributed by atoms with E-state index >= 15 is 0 Å². The van der Waals surface area contributed by atoms with Gasteiger partial charge in [0, 0.05) is 12.1 Å². The molecule has 0 saturated heterocycles. The highest BCUT2D eigenvalue weighted by molar-refractivity contribution is 5.69. The van der Waals surface area contributed by atoms with Crippen LogP contribution in [0.3, 0.4) is 0 Å². The summed E-state index contributed by atoms with van der Waals surface area (Å²) in [6.07, 6.45) is 4.75. The van der Waals surface area contributed by atoms with Gasteiger partial charge in [0.05, 0.1) is 19.6 Å². The highest BCUT2D eigenvalue weighted by atomic mass is 16.5. The second kappa shape index (κ2) is 6.97. The van der Waals surface area contributed by atoms with Crippen LogP contribution in [-0.4, -0.2) is 36.4 Å². The van der Waals surface area contributed by atoms with Crippen molar-refractivity contribution in [3.05, 3.63) is 0 Å². The van der Waals surface area contributed by atoms with E-state index in [4.69, 9.17) is 4.74 Å². The van der Waals surface area contributed by atoms with Gasteiger partial charge in [0.2, 0.25) is 0 Å². The van der Waals surface area contributed by atoms with Crippen LogP contribution in [0.1, 0.15) is 46.0 Å². The van der Waals surface area contributed by atoms with Gasteiger partial charge in [-0.1, -0.05) is 19.8 Å². The Kier molecular flexibility index (Phi) is 5.92. The number of rotatable bonds is 6. The molecule has 0 heterocycles. The van der Waals surface area contributed by atoms with Crippen LogP contribution in [0.4, 0.5) is 0 Å². The van der Waals surface area contributed by atoms with Gasteiger partial charge in [-0.25, -0.2) is 0 Å². The van der Waals surface area contributed by atoms with E-state index in [-0.39, 0.29) is 18.1 Å². The Bertz CT molecular complexity index is 245. The summed E-state index contributed by atoms with van der Waals surface area (Å²) in [6, 6.07) is 0. The molecule has 1 aliphatic carbocycles. The molecule has 0 aliphatic heterocycles. The second-order valence-corrected chi connectivity index (χ2v) is 5.12. The molecular formula is C13H25NO3. The van der Waals surface area contributed by atoms with Crippen LogP contribution >= 0.6 is 0 Å². The number of nitrogens with one attached hydrogen (secondary N) is 1. The molecule has 0 aromatic heterocycles. The molecule has 0 bridgehead atoms. The third kappa shape index (κ3) is 4.64. The first-order chi connectivity index (χ1) is 8.12. The molecule has 4 nitrogen and oxygen atoms in total. The van der Waals surface area contributed by atoms with Crippen molar-refractivity contribution in [3.63, 3.8) is 0 Å². The van der Waals surface area contributed by atoms with Crippen molar-refractivity contribution in [1.29, 1.82) is 0 Å². The van der Waals surface area contributed by atoms with Crippen LogP contribution < -0.4 is 5.32 Å². The molecule has 2 unspecified atom stereocenters. The highest BCUT2D eigenvalue weighted by Gasteiger charge is 2.33. The number of aliphatic hydroxyl groups excluding tert-OH is 1. The van der Waals surface area contributed by atoms with E-state index in [2.05, 4.69) is 12.2 Å². The number of hydrogen-bond acceptors (Lipinski definition) is 4. The summed E-state index contributed by atoms with van der Waals surface area (Å²) in [7, 11) is 0. The minimum atomic E-state index is -0.176. The van der Waals surface area contributed by atoms with Crippen LogP contribution in [0.5, 0.6) is 0 Å². The normalized spacial score (nSPS) is 29.0. The Labute approximate surface area is 104 Å². The second-order valence-electron chi connectivity index (χ2n) is 5.12. The molecule has 1 aliphatic rings. The Balaban J connectivity index is 2.33. The minimum absolute atomic E-state index is 0.153. The van der Waals surface area contributed by atoms with Gasteiger partial charge < -0.3 is 15.2 Å². The van der Waals surface area contributed by atoms with E-state index < -0.39 is 0 Å². The summed E-state index contributed by atoms with van der Waals surface area (Å²) < 4.78 is 4.88. The zero-order valence-corrected chi connectivity index (χ0v) is 11.0. The number of esters is 1. The summed E-state index contributed by atoms with van der Waals surface area (Å²) in [5, 5.41) is 12.9. The Morgan fingerprint density at radius 2 is 2.35 bits per heavy atom. The lowest BCUT2D eigenvalue weighted by Gasteiger charge is -2.39. The van der Waals surface area contributed by atoms with Crippen LogP contribution in [0.15, 0.2) is 0 Å². The van der Waals surface area contributed by atoms with E-state index in [0.29, 0.717) is 25.5 Å². The first-order valence-corrected chi connectivity index (χ1v) is 6.63. The SMILES string of the molecule is CCOC(=O)CCNC1(CO)CCCC(C)C1. The summed E-state index contributed by atoms with van der Waals surface area (Å²) >= 11 is 0. The largest absolute Gasteiger partial charge is 0.466 e. The summed E-state index contributed by atoms with van der Waals surface area (Å²) in [5.74, 6) is 0.475. The van der Waals surface area contributed by atoms with Gasteiger partial charge in [0.1, 0.15) is 0 Å². The smallest absolute Gasteiger partial charge is 0.307 e. The lowest BCUT2D eigenvalue weighted by Crippen LogP contribution is -2.52. The molecule has 1 rings (SSSR count). The predicted molar refractivity (Wildman–Crippen MR) is 66.7 cm³/mol. The molecule has 0 aromatic carbocycles. The van der Waals surface area contributed by atoms with Crippen molar-refractivity contribution in [2.24, 2.45) is 5.92 Å². The fourth-order valence-corrected chi connectivity index (χ4v) is 2.68. The zero-order valence-electron chi connectivity index (χ0n) is 11.0. The molecule has 1 saturated carbocycles. The molecule has 0 radical (unpaired) electrons. The van der Waals surface area contributed by atoms with Crippen LogP contribution in [-0.2, 0) is 9.53 Å². The van der Waals surface area contributed by atoms with E-state index in [1.165, 1.54) is 6.42 Å². The number of carbonyl (C=O) groups excluding carboxylic acids is 1. The highest BCUT2D eigenvalue weighted by Crippen LogP contribution is 2.31. The zero-order chi connectivity index (χ0) is 12.7. The summed E-state index contributed by atoms with van der Waals surface area (Å²) in [5.41, 5.74) is -0.176. The Hall–Kier alpha value is -0.610. The van der Waals surface area contributed by atoms with E-state index in [1.54, 1.807) is 0 Å². The maximum Gasteiger partial charge on any atom is 0.307 e. The van der Waals surface area contributed by atoms with Gasteiger partial charge >= 0.3 is 5.97 Å². The predicted octanol–water partition coefficient (Wildman–Crippen LogP) is 1.47. The molecule has 100 valence electrons. The number of ether oxygens (including phenoxy) is 1. The standard InChI is InChI=1S/C13H25NO3/c1-3-17-12(16)6-8-14-13(10-15)7-4-5-11(2)9-13/h11,14-15H,3-10H2,1-2H3. The fourth-order valence-electron chi connectivity index (χ4n) is 2.68. The fraction of sp³-hybridized carbons (Fsp3) is 0.923.